The zero-order valence-electron chi connectivity index (χ0n) is 10.3. The van der Waals surface area contributed by atoms with Crippen LogP contribution in [0.4, 0.5) is 5.00 Å². The standard InChI is InChI=1S/C14H15N3OS/c18-13(15-8-10-4-2-1-3-5-10)12-11-6-7-19-14(11)17-9-16-12/h1-7,12,16-17H,8-9H2,(H,15,18). The van der Waals surface area contributed by atoms with Crippen molar-refractivity contribution in [2.75, 3.05) is 12.0 Å². The lowest BCUT2D eigenvalue weighted by atomic mass is 10.1. The van der Waals surface area contributed by atoms with Gasteiger partial charge < -0.3 is 10.6 Å². The van der Waals surface area contributed by atoms with Gasteiger partial charge in [-0.3, -0.25) is 10.1 Å². The first-order chi connectivity index (χ1) is 9.34. The van der Waals surface area contributed by atoms with Gasteiger partial charge in [-0.1, -0.05) is 30.3 Å². The number of hydrogen-bond acceptors (Lipinski definition) is 4. The summed E-state index contributed by atoms with van der Waals surface area (Å²) < 4.78 is 0. The highest BCUT2D eigenvalue weighted by Gasteiger charge is 2.26. The number of benzene rings is 1. The number of anilines is 1. The van der Waals surface area contributed by atoms with Gasteiger partial charge in [0, 0.05) is 12.1 Å². The van der Waals surface area contributed by atoms with Crippen LogP contribution in [0.2, 0.25) is 0 Å². The average Bonchev–Trinajstić information content (AvgIpc) is 2.94. The number of rotatable bonds is 3. The molecule has 0 aliphatic carbocycles. The zero-order chi connectivity index (χ0) is 13.1. The topological polar surface area (TPSA) is 53.2 Å². The van der Waals surface area contributed by atoms with Gasteiger partial charge in [-0.25, -0.2) is 0 Å². The molecular weight excluding hydrogens is 258 g/mol. The highest BCUT2D eigenvalue weighted by atomic mass is 32.1. The molecule has 0 fully saturated rings. The van der Waals surface area contributed by atoms with E-state index < -0.39 is 0 Å². The van der Waals surface area contributed by atoms with Crippen molar-refractivity contribution in [3.63, 3.8) is 0 Å². The molecule has 2 aromatic rings. The maximum atomic E-state index is 12.2. The Morgan fingerprint density at radius 3 is 3.00 bits per heavy atom. The van der Waals surface area contributed by atoms with Crippen molar-refractivity contribution in [1.29, 1.82) is 0 Å². The zero-order valence-corrected chi connectivity index (χ0v) is 11.2. The third-order valence-corrected chi connectivity index (χ3v) is 4.02. The Bertz CT molecular complexity index is 567. The Kier molecular flexibility index (Phi) is 3.48. The average molecular weight is 273 g/mol. The van der Waals surface area contributed by atoms with Crippen LogP contribution in [0.25, 0.3) is 0 Å². The fraction of sp³-hybridized carbons (Fsp3) is 0.214. The summed E-state index contributed by atoms with van der Waals surface area (Å²) in [6.07, 6.45) is 0. The highest BCUT2D eigenvalue weighted by molar-refractivity contribution is 7.14. The molecule has 1 aromatic heterocycles. The van der Waals surface area contributed by atoms with Gasteiger partial charge in [0.1, 0.15) is 6.04 Å². The first-order valence-electron chi connectivity index (χ1n) is 6.21. The summed E-state index contributed by atoms with van der Waals surface area (Å²) in [4.78, 5) is 12.2. The van der Waals surface area contributed by atoms with Crippen molar-refractivity contribution in [2.45, 2.75) is 12.6 Å². The van der Waals surface area contributed by atoms with Gasteiger partial charge in [0.05, 0.1) is 11.7 Å². The lowest BCUT2D eigenvalue weighted by molar-refractivity contribution is -0.123. The van der Waals surface area contributed by atoms with Crippen molar-refractivity contribution < 1.29 is 4.79 Å². The molecule has 19 heavy (non-hydrogen) atoms. The van der Waals surface area contributed by atoms with Crippen LogP contribution in [-0.2, 0) is 11.3 Å². The first-order valence-corrected chi connectivity index (χ1v) is 7.09. The Morgan fingerprint density at radius 2 is 2.16 bits per heavy atom. The molecule has 1 aliphatic rings. The Labute approximate surface area is 115 Å². The molecule has 0 saturated carbocycles. The van der Waals surface area contributed by atoms with E-state index in [2.05, 4.69) is 16.0 Å². The lowest BCUT2D eigenvalue weighted by Crippen LogP contribution is -2.41. The Balaban J connectivity index is 1.66. The molecule has 1 aliphatic heterocycles. The Morgan fingerprint density at radius 1 is 1.32 bits per heavy atom. The minimum atomic E-state index is -0.258. The molecule has 98 valence electrons. The highest BCUT2D eigenvalue weighted by Crippen LogP contribution is 2.31. The van der Waals surface area contributed by atoms with Crippen molar-refractivity contribution in [1.82, 2.24) is 10.6 Å². The fourth-order valence-electron chi connectivity index (χ4n) is 2.15. The first kappa shape index (κ1) is 12.2. The fourth-order valence-corrected chi connectivity index (χ4v) is 2.98. The molecule has 1 aromatic carbocycles. The Hall–Kier alpha value is -1.85. The van der Waals surface area contributed by atoms with Crippen LogP contribution in [0.5, 0.6) is 0 Å². The van der Waals surface area contributed by atoms with E-state index in [4.69, 9.17) is 0 Å². The number of hydrogen-bond donors (Lipinski definition) is 3. The van der Waals surface area contributed by atoms with Gasteiger partial charge >= 0.3 is 0 Å². The SMILES string of the molecule is O=C(NCc1ccccc1)C1NCNc2sccc21. The number of carbonyl (C=O) groups excluding carboxylic acids is 1. The maximum absolute atomic E-state index is 12.2. The molecule has 3 N–H and O–H groups in total. The summed E-state index contributed by atoms with van der Waals surface area (Å²) >= 11 is 1.63. The van der Waals surface area contributed by atoms with Crippen LogP contribution < -0.4 is 16.0 Å². The third-order valence-electron chi connectivity index (χ3n) is 3.13. The van der Waals surface area contributed by atoms with Gasteiger partial charge in [0.2, 0.25) is 5.91 Å². The predicted octanol–water partition coefficient (Wildman–Crippen LogP) is 2.08. The van der Waals surface area contributed by atoms with Crippen LogP contribution in [-0.4, -0.2) is 12.6 Å². The monoisotopic (exact) mass is 273 g/mol. The van der Waals surface area contributed by atoms with Gasteiger partial charge in [-0.05, 0) is 17.0 Å². The van der Waals surface area contributed by atoms with E-state index in [1.807, 2.05) is 41.8 Å². The van der Waals surface area contributed by atoms with E-state index in [0.717, 1.165) is 16.1 Å². The second-order valence-electron chi connectivity index (χ2n) is 4.40. The summed E-state index contributed by atoms with van der Waals surface area (Å²) in [5.74, 6) is 0.0185. The summed E-state index contributed by atoms with van der Waals surface area (Å²) in [5, 5.41) is 12.5. The largest absolute Gasteiger partial charge is 0.364 e. The van der Waals surface area contributed by atoms with E-state index in [1.165, 1.54) is 0 Å². The van der Waals surface area contributed by atoms with Crippen molar-refractivity contribution in [3.05, 3.63) is 52.9 Å². The summed E-state index contributed by atoms with van der Waals surface area (Å²) in [7, 11) is 0. The maximum Gasteiger partial charge on any atom is 0.242 e. The number of thiophene rings is 1. The smallest absolute Gasteiger partial charge is 0.242 e. The van der Waals surface area contributed by atoms with Crippen molar-refractivity contribution >= 4 is 22.2 Å². The molecular formula is C14H15N3OS. The van der Waals surface area contributed by atoms with Gasteiger partial charge in [0.25, 0.3) is 0 Å². The van der Waals surface area contributed by atoms with E-state index >= 15 is 0 Å². The molecule has 0 bridgehead atoms. The third kappa shape index (κ3) is 2.62. The van der Waals surface area contributed by atoms with E-state index in [1.54, 1.807) is 11.3 Å². The minimum Gasteiger partial charge on any atom is -0.364 e. The second kappa shape index (κ2) is 5.42. The molecule has 1 unspecified atom stereocenters. The minimum absolute atomic E-state index is 0.0185. The van der Waals surface area contributed by atoms with Crippen LogP contribution in [0.15, 0.2) is 41.8 Å². The molecule has 0 radical (unpaired) electrons. The van der Waals surface area contributed by atoms with Gasteiger partial charge in [-0.2, -0.15) is 0 Å². The summed E-state index contributed by atoms with van der Waals surface area (Å²) in [5.41, 5.74) is 2.14. The predicted molar refractivity (Wildman–Crippen MR) is 77.0 cm³/mol. The number of carbonyl (C=O) groups is 1. The van der Waals surface area contributed by atoms with Crippen LogP contribution in [0.1, 0.15) is 17.2 Å². The van der Waals surface area contributed by atoms with E-state index in [-0.39, 0.29) is 11.9 Å². The molecule has 4 nitrogen and oxygen atoms in total. The number of fused-ring (bicyclic) bond motifs is 1. The van der Waals surface area contributed by atoms with E-state index in [9.17, 15) is 4.79 Å². The van der Waals surface area contributed by atoms with E-state index in [0.29, 0.717) is 13.2 Å². The normalized spacial score (nSPS) is 17.4. The molecule has 0 spiro atoms. The quantitative estimate of drug-likeness (QED) is 0.802. The number of nitrogens with one attached hydrogen (secondary N) is 3. The van der Waals surface area contributed by atoms with Crippen LogP contribution in [0, 0.1) is 0 Å². The number of amides is 1. The molecule has 1 atom stereocenters. The lowest BCUT2D eigenvalue weighted by Gasteiger charge is -2.24. The van der Waals surface area contributed by atoms with Gasteiger partial charge in [-0.15, -0.1) is 11.3 Å². The van der Waals surface area contributed by atoms with Crippen molar-refractivity contribution in [2.24, 2.45) is 0 Å². The second-order valence-corrected chi connectivity index (χ2v) is 5.32. The van der Waals surface area contributed by atoms with Crippen LogP contribution >= 0.6 is 11.3 Å². The molecule has 5 heteroatoms. The van der Waals surface area contributed by atoms with Crippen LogP contribution in [0.3, 0.4) is 0 Å². The molecule has 0 saturated heterocycles. The van der Waals surface area contributed by atoms with Crippen molar-refractivity contribution in [3.8, 4) is 0 Å². The molecule has 3 rings (SSSR count). The summed E-state index contributed by atoms with van der Waals surface area (Å²) in [6, 6.07) is 11.7. The molecule has 2 heterocycles. The molecule has 1 amide bonds. The van der Waals surface area contributed by atoms with Gasteiger partial charge in [0.15, 0.2) is 0 Å². The summed E-state index contributed by atoms with van der Waals surface area (Å²) in [6.45, 7) is 1.18.